The molecule has 0 N–H and O–H groups in total. The number of carbonyl (C=O) groups excluding carboxylic acids is 1. The number of hydrogen-bond acceptors (Lipinski definition) is 5. The quantitative estimate of drug-likeness (QED) is 0.761. The molecule has 3 heterocycles. The average Bonchev–Trinajstić information content (AvgIpc) is 2.73. The summed E-state index contributed by atoms with van der Waals surface area (Å²) in [7, 11) is 0. The van der Waals surface area contributed by atoms with E-state index in [4.69, 9.17) is 21.3 Å². The van der Waals surface area contributed by atoms with Crippen LogP contribution in [0.5, 0.6) is 0 Å². The van der Waals surface area contributed by atoms with E-state index in [1.165, 1.54) is 0 Å². The van der Waals surface area contributed by atoms with Gasteiger partial charge in [-0.3, -0.25) is 9.69 Å². The number of aryl methyl sites for hydroxylation is 1. The lowest BCUT2D eigenvalue weighted by molar-refractivity contribution is -0.114. The number of fused-ring (bicyclic) bond motifs is 1. The fourth-order valence-corrected chi connectivity index (χ4v) is 3.52. The van der Waals surface area contributed by atoms with E-state index in [0.29, 0.717) is 36.5 Å². The number of ether oxygens (including phenoxy) is 1. The fraction of sp³-hybridized carbons (Fsp3) is 0.350. The highest BCUT2D eigenvalue weighted by atomic mass is 35.5. The fourth-order valence-electron chi connectivity index (χ4n) is 3.32. The van der Waals surface area contributed by atoms with Gasteiger partial charge in [-0.1, -0.05) is 29.8 Å². The predicted octanol–water partition coefficient (Wildman–Crippen LogP) is 2.96. The highest BCUT2D eigenvalue weighted by Gasteiger charge is 2.25. The van der Waals surface area contributed by atoms with Gasteiger partial charge in [0.15, 0.2) is 0 Å². The standard InChI is InChI=1S/C20H21ClN4O2/c21-17-6-2-1-4-15(17)7-8-18(26)25-9-3-5-16-14-22-20(23-19(16)25)24-10-12-27-13-11-24/h1-2,4,6-8,14H,3,5,9-13H2. The Kier molecular flexibility index (Phi) is 5.36. The molecule has 2 aliphatic rings. The number of amides is 1. The molecular weight excluding hydrogens is 364 g/mol. The van der Waals surface area contributed by atoms with E-state index in [0.717, 1.165) is 37.1 Å². The van der Waals surface area contributed by atoms with Gasteiger partial charge in [0.2, 0.25) is 5.95 Å². The van der Waals surface area contributed by atoms with Crippen molar-refractivity contribution in [1.82, 2.24) is 9.97 Å². The molecule has 0 aliphatic carbocycles. The van der Waals surface area contributed by atoms with Gasteiger partial charge in [0, 0.05) is 42.5 Å². The third-order valence-electron chi connectivity index (χ3n) is 4.78. The molecule has 1 saturated heterocycles. The van der Waals surface area contributed by atoms with E-state index in [2.05, 4.69) is 9.88 Å². The summed E-state index contributed by atoms with van der Waals surface area (Å²) < 4.78 is 5.40. The van der Waals surface area contributed by atoms with Crippen LogP contribution < -0.4 is 9.80 Å². The molecule has 0 saturated carbocycles. The maximum atomic E-state index is 12.8. The molecule has 27 heavy (non-hydrogen) atoms. The van der Waals surface area contributed by atoms with Gasteiger partial charge in [-0.05, 0) is 30.5 Å². The van der Waals surface area contributed by atoms with Crippen LogP contribution in [0.1, 0.15) is 17.5 Å². The summed E-state index contributed by atoms with van der Waals surface area (Å²) in [6.07, 6.45) is 6.95. The lowest BCUT2D eigenvalue weighted by atomic mass is 10.1. The van der Waals surface area contributed by atoms with Crippen LogP contribution in [0.4, 0.5) is 11.8 Å². The number of aromatic nitrogens is 2. The first-order valence-electron chi connectivity index (χ1n) is 9.15. The summed E-state index contributed by atoms with van der Waals surface area (Å²) in [6.45, 7) is 3.52. The molecule has 1 fully saturated rings. The van der Waals surface area contributed by atoms with Gasteiger partial charge >= 0.3 is 0 Å². The molecule has 0 spiro atoms. The number of carbonyl (C=O) groups is 1. The SMILES string of the molecule is O=C(C=Cc1ccccc1Cl)N1CCCc2cnc(N3CCOCC3)nc21. The van der Waals surface area contributed by atoms with Crippen LogP contribution in [-0.2, 0) is 16.0 Å². The number of hydrogen-bond donors (Lipinski definition) is 0. The van der Waals surface area contributed by atoms with Gasteiger partial charge in [-0.2, -0.15) is 4.98 Å². The van der Waals surface area contributed by atoms with Crippen LogP contribution in [-0.4, -0.2) is 48.7 Å². The first kappa shape index (κ1) is 17.9. The molecule has 140 valence electrons. The molecule has 0 atom stereocenters. The van der Waals surface area contributed by atoms with Gasteiger partial charge in [-0.25, -0.2) is 4.98 Å². The Hall–Kier alpha value is -2.44. The number of morpholine rings is 1. The number of benzene rings is 1. The third kappa shape index (κ3) is 3.96. The second-order valence-corrected chi connectivity index (χ2v) is 6.97. The Bertz CT molecular complexity index is 865. The zero-order valence-corrected chi connectivity index (χ0v) is 15.7. The van der Waals surface area contributed by atoms with E-state index in [1.54, 1.807) is 17.1 Å². The van der Waals surface area contributed by atoms with E-state index < -0.39 is 0 Å². The van der Waals surface area contributed by atoms with Crippen molar-refractivity contribution in [1.29, 1.82) is 0 Å². The highest BCUT2D eigenvalue weighted by Crippen LogP contribution is 2.27. The Balaban J connectivity index is 1.58. The second kappa shape index (κ2) is 8.06. The molecule has 2 aromatic rings. The first-order chi connectivity index (χ1) is 13.2. The molecular formula is C20H21ClN4O2. The molecule has 0 radical (unpaired) electrons. The van der Waals surface area contributed by atoms with Crippen molar-refractivity contribution in [2.24, 2.45) is 0 Å². The van der Waals surface area contributed by atoms with Gasteiger partial charge in [0.25, 0.3) is 5.91 Å². The number of anilines is 2. The van der Waals surface area contributed by atoms with Gasteiger partial charge in [0.1, 0.15) is 5.82 Å². The van der Waals surface area contributed by atoms with E-state index in [1.807, 2.05) is 30.5 Å². The van der Waals surface area contributed by atoms with Gasteiger partial charge < -0.3 is 9.64 Å². The van der Waals surface area contributed by atoms with Crippen molar-refractivity contribution in [3.63, 3.8) is 0 Å². The third-order valence-corrected chi connectivity index (χ3v) is 5.13. The lowest BCUT2D eigenvalue weighted by Gasteiger charge is -2.31. The minimum atomic E-state index is -0.0949. The van der Waals surface area contributed by atoms with Crippen LogP contribution in [0.15, 0.2) is 36.5 Å². The average molecular weight is 385 g/mol. The maximum absolute atomic E-state index is 12.8. The summed E-state index contributed by atoms with van der Waals surface area (Å²) in [5, 5.41) is 0.623. The Morgan fingerprint density at radius 2 is 2.00 bits per heavy atom. The van der Waals surface area contributed by atoms with Crippen LogP contribution >= 0.6 is 11.6 Å². The largest absolute Gasteiger partial charge is 0.378 e. The smallest absolute Gasteiger partial charge is 0.252 e. The highest BCUT2D eigenvalue weighted by molar-refractivity contribution is 6.32. The summed E-state index contributed by atoms with van der Waals surface area (Å²) in [6, 6.07) is 7.46. The zero-order chi connectivity index (χ0) is 18.6. The monoisotopic (exact) mass is 384 g/mol. The van der Waals surface area contributed by atoms with Crippen molar-refractivity contribution in [2.75, 3.05) is 42.6 Å². The molecule has 1 amide bonds. The van der Waals surface area contributed by atoms with Crippen molar-refractivity contribution in [3.8, 4) is 0 Å². The molecule has 0 bridgehead atoms. The van der Waals surface area contributed by atoms with E-state index in [-0.39, 0.29) is 5.91 Å². The van der Waals surface area contributed by atoms with Crippen LogP contribution in [0, 0.1) is 0 Å². The van der Waals surface area contributed by atoms with Crippen molar-refractivity contribution >= 4 is 35.4 Å². The van der Waals surface area contributed by atoms with Crippen LogP contribution in [0.2, 0.25) is 5.02 Å². The molecule has 0 unspecified atom stereocenters. The Morgan fingerprint density at radius 1 is 1.19 bits per heavy atom. The summed E-state index contributed by atoms with van der Waals surface area (Å²) in [5.74, 6) is 1.28. The Labute approximate surface area is 163 Å². The Morgan fingerprint density at radius 3 is 2.81 bits per heavy atom. The molecule has 7 heteroatoms. The summed E-state index contributed by atoms with van der Waals surface area (Å²) in [4.78, 5) is 25.9. The van der Waals surface area contributed by atoms with Gasteiger partial charge in [0.05, 0.1) is 13.2 Å². The first-order valence-corrected chi connectivity index (χ1v) is 9.53. The second-order valence-electron chi connectivity index (χ2n) is 6.57. The molecule has 1 aromatic heterocycles. The molecule has 2 aliphatic heterocycles. The van der Waals surface area contributed by atoms with Crippen LogP contribution in [0.3, 0.4) is 0 Å². The maximum Gasteiger partial charge on any atom is 0.252 e. The predicted molar refractivity (Wildman–Crippen MR) is 106 cm³/mol. The normalized spacial score (nSPS) is 17.2. The van der Waals surface area contributed by atoms with E-state index in [9.17, 15) is 4.79 Å². The molecule has 1 aromatic carbocycles. The molecule has 4 rings (SSSR count). The number of rotatable bonds is 3. The number of halogens is 1. The van der Waals surface area contributed by atoms with Crippen LogP contribution in [0.25, 0.3) is 6.08 Å². The summed E-state index contributed by atoms with van der Waals surface area (Å²) in [5.41, 5.74) is 1.83. The van der Waals surface area contributed by atoms with Gasteiger partial charge in [-0.15, -0.1) is 0 Å². The summed E-state index contributed by atoms with van der Waals surface area (Å²) >= 11 is 6.17. The minimum Gasteiger partial charge on any atom is -0.378 e. The zero-order valence-electron chi connectivity index (χ0n) is 15.0. The topological polar surface area (TPSA) is 58.6 Å². The van der Waals surface area contributed by atoms with Crippen molar-refractivity contribution < 1.29 is 9.53 Å². The lowest BCUT2D eigenvalue weighted by Crippen LogP contribution is -2.39. The number of nitrogens with zero attached hydrogens (tertiary/aromatic N) is 4. The van der Waals surface area contributed by atoms with E-state index >= 15 is 0 Å². The molecule has 6 nitrogen and oxygen atoms in total. The van der Waals surface area contributed by atoms with Crippen molar-refractivity contribution in [3.05, 3.63) is 52.7 Å². The minimum absolute atomic E-state index is 0.0949. The van der Waals surface area contributed by atoms with Crippen molar-refractivity contribution in [2.45, 2.75) is 12.8 Å².